The zero-order chi connectivity index (χ0) is 14.8. The molecule has 0 radical (unpaired) electrons. The summed E-state index contributed by atoms with van der Waals surface area (Å²) in [6.45, 7) is 1.56. The molecule has 0 heterocycles. The van der Waals surface area contributed by atoms with Gasteiger partial charge in [0.2, 0.25) is 0 Å². The molecule has 0 aliphatic carbocycles. The summed E-state index contributed by atoms with van der Waals surface area (Å²) in [6, 6.07) is 0. The Morgan fingerprint density at radius 3 is 1.74 bits per heavy atom. The van der Waals surface area contributed by atoms with Gasteiger partial charge < -0.3 is 4.55 Å². The third-order valence-corrected chi connectivity index (χ3v) is 3.12. The van der Waals surface area contributed by atoms with Crippen molar-refractivity contribution in [1.29, 1.82) is 0 Å². The maximum Gasteiger partial charge on any atom is 1.00 e. The van der Waals surface area contributed by atoms with Crippen molar-refractivity contribution >= 4 is 10.1 Å². The van der Waals surface area contributed by atoms with Crippen LogP contribution in [0.15, 0.2) is 0 Å². The molecule has 110 valence electrons. The Morgan fingerprint density at radius 2 is 1.42 bits per heavy atom. The fourth-order valence-electron chi connectivity index (χ4n) is 1.12. The Labute approximate surface area is 149 Å². The number of alkyl halides is 6. The summed E-state index contributed by atoms with van der Waals surface area (Å²) >= 11 is 0. The molecule has 0 atom stereocenters. The van der Waals surface area contributed by atoms with Crippen LogP contribution < -0.4 is 51.4 Å². The zero-order valence-electron chi connectivity index (χ0n) is 10.2. The Balaban J connectivity index is 0. The minimum Gasteiger partial charge on any atom is -0.743 e. The summed E-state index contributed by atoms with van der Waals surface area (Å²) < 4.78 is 107. The van der Waals surface area contributed by atoms with E-state index in [0.717, 1.165) is 0 Å². The summed E-state index contributed by atoms with van der Waals surface area (Å²) in [5.41, 5.74) is 0. The van der Waals surface area contributed by atoms with Crippen LogP contribution in [0.2, 0.25) is 0 Å². The van der Waals surface area contributed by atoms with Crippen molar-refractivity contribution in [2.45, 2.75) is 49.7 Å². The van der Waals surface area contributed by atoms with Gasteiger partial charge in [0.15, 0.2) is 10.1 Å². The van der Waals surface area contributed by atoms with Crippen LogP contribution in [0.3, 0.4) is 0 Å². The van der Waals surface area contributed by atoms with Gasteiger partial charge in [0.1, 0.15) is 0 Å². The second-order valence-electron chi connectivity index (χ2n) is 3.71. The molecule has 0 N–H and O–H groups in total. The number of hydrogen-bond donors (Lipinski definition) is 0. The summed E-state index contributed by atoms with van der Waals surface area (Å²) in [5.74, 6) is -11.5. The number of hydrogen-bond acceptors (Lipinski definition) is 3. The first-order valence-electron chi connectivity index (χ1n) is 4.90. The molecule has 0 rings (SSSR count). The summed E-state index contributed by atoms with van der Waals surface area (Å²) in [5, 5.41) is -6.35. The molecule has 0 fully saturated rings. The monoisotopic (exact) mass is 340 g/mol. The first kappa shape index (κ1) is 22.4. The van der Waals surface area contributed by atoms with E-state index in [2.05, 4.69) is 0 Å². The molecule has 0 aromatic rings. The van der Waals surface area contributed by atoms with Crippen molar-refractivity contribution in [3.63, 3.8) is 0 Å². The van der Waals surface area contributed by atoms with Crippen molar-refractivity contribution in [1.82, 2.24) is 0 Å². The van der Waals surface area contributed by atoms with E-state index in [1.165, 1.54) is 0 Å². The van der Waals surface area contributed by atoms with Crippen LogP contribution in [0.25, 0.3) is 0 Å². The second-order valence-corrected chi connectivity index (χ2v) is 5.13. The SMILES string of the molecule is CCCCCC(F)(F)C(F)(F)C(F)(F)S(=O)(=O)[O-].[K+]. The maximum absolute atomic E-state index is 12.9. The predicted molar refractivity (Wildman–Crippen MR) is 48.7 cm³/mol. The van der Waals surface area contributed by atoms with Crippen LogP contribution in [0.1, 0.15) is 32.6 Å². The molecule has 0 unspecified atom stereocenters. The molecule has 0 amide bonds. The predicted octanol–water partition coefficient (Wildman–Crippen LogP) is -0.0207. The van der Waals surface area contributed by atoms with Crippen LogP contribution in [-0.2, 0) is 10.1 Å². The van der Waals surface area contributed by atoms with Gasteiger partial charge in [-0.1, -0.05) is 19.8 Å². The molecule has 0 saturated heterocycles. The Kier molecular flexibility index (Phi) is 8.74. The largest absolute Gasteiger partial charge is 1.00 e. The fraction of sp³-hybridized carbons (Fsp3) is 1.00. The molecule has 0 spiro atoms. The Bertz CT molecular complexity index is 384. The van der Waals surface area contributed by atoms with Crippen LogP contribution in [0, 0.1) is 0 Å². The minimum atomic E-state index is -6.89. The average molecular weight is 340 g/mol. The Hall–Kier alpha value is 1.13. The third kappa shape index (κ3) is 4.82. The molecule has 0 bridgehead atoms. The van der Waals surface area contributed by atoms with E-state index in [9.17, 15) is 39.3 Å². The van der Waals surface area contributed by atoms with Crippen LogP contribution in [0.5, 0.6) is 0 Å². The van der Waals surface area contributed by atoms with Gasteiger partial charge >= 0.3 is 68.5 Å². The van der Waals surface area contributed by atoms with Gasteiger partial charge in [0, 0.05) is 6.42 Å². The first-order chi connectivity index (χ1) is 7.81. The Morgan fingerprint density at radius 1 is 1.00 bits per heavy atom. The number of rotatable bonds is 7. The smallest absolute Gasteiger partial charge is 0.743 e. The molecular weight excluding hydrogens is 329 g/mol. The molecule has 0 aliphatic heterocycles. The van der Waals surface area contributed by atoms with E-state index in [4.69, 9.17) is 0 Å². The first-order valence-corrected chi connectivity index (χ1v) is 6.31. The molecule has 0 aliphatic rings. The topological polar surface area (TPSA) is 57.2 Å². The number of halogens is 6. The van der Waals surface area contributed by atoms with Gasteiger partial charge in [0.05, 0.1) is 0 Å². The van der Waals surface area contributed by atoms with Gasteiger partial charge in [-0.05, 0) is 6.42 Å². The quantitative estimate of drug-likeness (QED) is 0.283. The van der Waals surface area contributed by atoms with Crippen molar-refractivity contribution < 1.29 is 90.7 Å². The summed E-state index contributed by atoms with van der Waals surface area (Å²) in [6.07, 6.45) is -1.66. The maximum atomic E-state index is 12.9. The molecule has 0 saturated carbocycles. The van der Waals surface area contributed by atoms with Crippen molar-refractivity contribution in [3.05, 3.63) is 0 Å². The van der Waals surface area contributed by atoms with E-state index < -0.39 is 40.1 Å². The van der Waals surface area contributed by atoms with E-state index in [1.807, 2.05) is 0 Å². The van der Waals surface area contributed by atoms with Crippen LogP contribution in [-0.4, -0.2) is 30.1 Å². The van der Waals surface area contributed by atoms with Crippen LogP contribution in [0.4, 0.5) is 26.3 Å². The molecule has 3 nitrogen and oxygen atoms in total. The standard InChI is InChI=1S/C8H12F6O3S.K/c1-2-3-4-5-6(9,10)7(11,12)8(13,14)18(15,16)17;/h2-5H2,1H3,(H,15,16,17);/q;+1/p-1. The van der Waals surface area contributed by atoms with Gasteiger partial charge in [-0.25, -0.2) is 8.42 Å². The average Bonchev–Trinajstić information content (AvgIpc) is 2.15. The third-order valence-electron chi connectivity index (χ3n) is 2.23. The molecule has 0 aromatic heterocycles. The molecule has 0 aromatic carbocycles. The van der Waals surface area contributed by atoms with E-state index in [0.29, 0.717) is 6.42 Å². The summed E-state index contributed by atoms with van der Waals surface area (Å²) in [7, 11) is -6.89. The van der Waals surface area contributed by atoms with Gasteiger partial charge in [-0.2, -0.15) is 26.3 Å². The zero-order valence-corrected chi connectivity index (χ0v) is 14.2. The van der Waals surface area contributed by atoms with E-state index >= 15 is 0 Å². The number of unbranched alkanes of at least 4 members (excludes halogenated alkanes) is 2. The minimum absolute atomic E-state index is 0. The molecule has 11 heteroatoms. The second kappa shape index (κ2) is 7.41. The summed E-state index contributed by atoms with van der Waals surface area (Å²) in [4.78, 5) is 0. The van der Waals surface area contributed by atoms with Gasteiger partial charge in [-0.15, -0.1) is 0 Å². The van der Waals surface area contributed by atoms with Crippen molar-refractivity contribution in [3.8, 4) is 0 Å². The van der Waals surface area contributed by atoms with Crippen LogP contribution >= 0.6 is 0 Å². The van der Waals surface area contributed by atoms with Gasteiger partial charge in [-0.3, -0.25) is 0 Å². The van der Waals surface area contributed by atoms with E-state index in [-0.39, 0.29) is 57.8 Å². The van der Waals surface area contributed by atoms with E-state index in [1.54, 1.807) is 6.92 Å². The molecule has 19 heavy (non-hydrogen) atoms. The van der Waals surface area contributed by atoms with Crippen molar-refractivity contribution in [2.75, 3.05) is 0 Å². The van der Waals surface area contributed by atoms with Crippen molar-refractivity contribution in [2.24, 2.45) is 0 Å². The molecular formula is C8H11F6KO3S. The van der Waals surface area contributed by atoms with Gasteiger partial charge in [0.25, 0.3) is 0 Å². The normalized spacial score (nSPS) is 14.1. The fourth-order valence-corrected chi connectivity index (χ4v) is 1.59.